The summed E-state index contributed by atoms with van der Waals surface area (Å²) in [5.74, 6) is 0.712. The Bertz CT molecular complexity index is 1600. The minimum absolute atomic E-state index is 0.0880. The van der Waals surface area contributed by atoms with Gasteiger partial charge in [0, 0.05) is 55.4 Å². The molecule has 2 atom stereocenters. The van der Waals surface area contributed by atoms with E-state index < -0.39 is 0 Å². The monoisotopic (exact) mass is 627 g/mol. The van der Waals surface area contributed by atoms with E-state index in [4.69, 9.17) is 32.9 Å². The minimum Gasteiger partial charge on any atom is -0.459 e. The lowest BCUT2D eigenvalue weighted by atomic mass is 10.0. The fourth-order valence-corrected chi connectivity index (χ4v) is 7.56. The van der Waals surface area contributed by atoms with Gasteiger partial charge in [-0.05, 0) is 56.8 Å². The summed E-state index contributed by atoms with van der Waals surface area (Å²) in [6, 6.07) is 13.1. The van der Waals surface area contributed by atoms with Crippen LogP contribution in [0.2, 0.25) is 5.02 Å². The number of anilines is 2. The number of benzene rings is 2. The summed E-state index contributed by atoms with van der Waals surface area (Å²) in [5, 5.41) is 2.89. The van der Waals surface area contributed by atoms with Crippen molar-refractivity contribution in [3.05, 3.63) is 76.8 Å². The van der Waals surface area contributed by atoms with Crippen LogP contribution < -0.4 is 14.5 Å². The molecule has 1 saturated heterocycles. The van der Waals surface area contributed by atoms with Crippen LogP contribution in [0.25, 0.3) is 15.6 Å². The zero-order valence-electron chi connectivity index (χ0n) is 26.3. The molecule has 2 aromatic carbocycles. The van der Waals surface area contributed by atoms with Gasteiger partial charge in [0.05, 0.1) is 17.3 Å². The second-order valence-electron chi connectivity index (χ2n) is 12.5. The van der Waals surface area contributed by atoms with Crippen molar-refractivity contribution in [2.45, 2.75) is 63.8 Å². The first kappa shape index (κ1) is 31.1. The van der Waals surface area contributed by atoms with E-state index >= 15 is 0 Å². The highest BCUT2D eigenvalue weighted by Crippen LogP contribution is 2.37. The second kappa shape index (κ2) is 13.6. The normalized spacial score (nSPS) is 19.4. The van der Waals surface area contributed by atoms with Crippen molar-refractivity contribution in [1.82, 2.24) is 19.8 Å². The number of carbonyl (C=O) groups excluding carboxylic acids is 1. The number of amides is 1. The van der Waals surface area contributed by atoms with E-state index in [0.717, 1.165) is 58.1 Å². The molecular formula is C35H42ClN7O2. The van der Waals surface area contributed by atoms with Crippen LogP contribution in [0.4, 0.5) is 11.5 Å². The summed E-state index contributed by atoms with van der Waals surface area (Å²) >= 11 is 6.73. The molecule has 0 unspecified atom stereocenters. The van der Waals surface area contributed by atoms with Gasteiger partial charge in [-0.1, -0.05) is 55.3 Å². The topological polar surface area (TPSA) is 69.4 Å². The molecule has 2 aliphatic heterocycles. The Hall–Kier alpha value is -3.87. The number of nitrogens with zero attached hydrogens (tertiary/aromatic N) is 7. The summed E-state index contributed by atoms with van der Waals surface area (Å²) in [6.45, 7) is 17.3. The molecule has 3 heterocycles. The highest BCUT2D eigenvalue weighted by atomic mass is 35.5. The molecule has 10 heteroatoms. The molecule has 6 rings (SSSR count). The molecule has 0 bridgehead atoms. The van der Waals surface area contributed by atoms with Gasteiger partial charge in [0.15, 0.2) is 0 Å². The van der Waals surface area contributed by atoms with Crippen molar-refractivity contribution in [3.63, 3.8) is 0 Å². The largest absolute Gasteiger partial charge is 0.459 e. The molecule has 1 aromatic heterocycles. The maximum atomic E-state index is 12.6. The predicted octanol–water partition coefficient (Wildman–Crippen LogP) is 5.61. The molecule has 1 aliphatic carbocycles. The number of halogens is 1. The van der Waals surface area contributed by atoms with E-state index in [1.807, 2.05) is 12.1 Å². The average Bonchev–Trinajstić information content (AvgIpc) is 3.59. The van der Waals surface area contributed by atoms with Gasteiger partial charge in [-0.3, -0.25) is 9.69 Å². The van der Waals surface area contributed by atoms with Crippen LogP contribution in [0.5, 0.6) is 6.01 Å². The van der Waals surface area contributed by atoms with Crippen LogP contribution in [0.3, 0.4) is 0 Å². The first-order valence-corrected chi connectivity index (χ1v) is 16.4. The fourth-order valence-electron chi connectivity index (χ4n) is 7.28. The molecular weight excluding hydrogens is 586 g/mol. The van der Waals surface area contributed by atoms with E-state index in [0.29, 0.717) is 38.2 Å². The van der Waals surface area contributed by atoms with E-state index in [2.05, 4.69) is 64.4 Å². The third-order valence-electron chi connectivity index (χ3n) is 9.54. The summed E-state index contributed by atoms with van der Waals surface area (Å²) < 4.78 is 6.47. The van der Waals surface area contributed by atoms with Crippen LogP contribution in [-0.4, -0.2) is 90.2 Å². The predicted molar refractivity (Wildman–Crippen MR) is 180 cm³/mol. The maximum Gasteiger partial charge on any atom is 0.318 e. The van der Waals surface area contributed by atoms with Crippen molar-refractivity contribution in [1.29, 1.82) is 0 Å². The first-order valence-electron chi connectivity index (χ1n) is 16.1. The number of carbonyl (C=O) groups is 1. The van der Waals surface area contributed by atoms with Crippen molar-refractivity contribution >= 4 is 39.8 Å². The molecule has 0 spiro atoms. The lowest BCUT2D eigenvalue weighted by Crippen LogP contribution is -2.56. The van der Waals surface area contributed by atoms with Gasteiger partial charge >= 0.3 is 6.01 Å². The number of fused-ring (bicyclic) bond motifs is 2. The second-order valence-corrected chi connectivity index (χ2v) is 12.9. The highest BCUT2D eigenvalue weighted by Gasteiger charge is 2.35. The number of hydrogen-bond donors (Lipinski definition) is 0. The lowest BCUT2D eigenvalue weighted by Gasteiger charge is -2.41. The average molecular weight is 628 g/mol. The van der Waals surface area contributed by atoms with Crippen LogP contribution in [0.1, 0.15) is 43.9 Å². The van der Waals surface area contributed by atoms with E-state index in [1.54, 1.807) is 4.90 Å². The quantitative estimate of drug-likeness (QED) is 0.226. The van der Waals surface area contributed by atoms with Crippen molar-refractivity contribution in [2.75, 3.05) is 56.1 Å². The third kappa shape index (κ3) is 6.58. The molecule has 0 N–H and O–H groups in total. The number of hydrogen-bond acceptors (Lipinski definition) is 7. The van der Waals surface area contributed by atoms with Crippen LogP contribution in [-0.2, 0) is 17.8 Å². The van der Waals surface area contributed by atoms with Gasteiger partial charge in [0.2, 0.25) is 12.5 Å². The third-order valence-corrected chi connectivity index (χ3v) is 9.85. The SMILES string of the molecule is [C-]#[N+]C[C@H]1CN(c2nc(O[C@@H](C)CN(C)C3CCCC3)nc3c2CCN(c2cccc4cccc(Cl)c24)C3)CCN1C(=O)C=C. The first-order chi connectivity index (χ1) is 21.9. The number of aromatic nitrogens is 2. The van der Waals surface area contributed by atoms with Crippen LogP contribution >= 0.6 is 11.6 Å². The number of ether oxygens (including phenoxy) is 1. The van der Waals surface area contributed by atoms with Gasteiger partial charge in [-0.15, -0.1) is 0 Å². The summed E-state index contributed by atoms with van der Waals surface area (Å²) in [6.07, 6.45) is 7.06. The Labute approximate surface area is 271 Å². The van der Waals surface area contributed by atoms with Gasteiger partial charge < -0.3 is 24.3 Å². The smallest absolute Gasteiger partial charge is 0.318 e. The number of piperazine rings is 1. The molecule has 0 radical (unpaired) electrons. The summed E-state index contributed by atoms with van der Waals surface area (Å²) in [4.78, 5) is 35.0. The van der Waals surface area contributed by atoms with Crippen LogP contribution in [0, 0.1) is 6.57 Å². The zero-order chi connectivity index (χ0) is 31.5. The van der Waals surface area contributed by atoms with Gasteiger partial charge in [0.1, 0.15) is 18.0 Å². The molecule has 9 nitrogen and oxygen atoms in total. The summed E-state index contributed by atoms with van der Waals surface area (Å²) in [5.41, 5.74) is 3.13. The van der Waals surface area contributed by atoms with Gasteiger partial charge in [0.25, 0.3) is 0 Å². The lowest BCUT2D eigenvalue weighted by molar-refractivity contribution is -0.128. The van der Waals surface area contributed by atoms with E-state index in [9.17, 15) is 4.79 Å². The van der Waals surface area contributed by atoms with E-state index in [1.165, 1.54) is 31.8 Å². The maximum absolute atomic E-state index is 12.6. The molecule has 1 amide bonds. The molecule has 3 aromatic rings. The molecule has 3 aliphatic rings. The Morgan fingerprint density at radius 3 is 2.71 bits per heavy atom. The minimum atomic E-state index is -0.242. The Balaban J connectivity index is 1.32. The Morgan fingerprint density at radius 1 is 1.18 bits per heavy atom. The van der Waals surface area contributed by atoms with Gasteiger partial charge in [-0.25, -0.2) is 6.57 Å². The Morgan fingerprint density at radius 2 is 1.96 bits per heavy atom. The Kier molecular flexibility index (Phi) is 9.43. The fraction of sp³-hybridized carbons (Fsp3) is 0.486. The van der Waals surface area contributed by atoms with Crippen molar-refractivity contribution in [3.8, 4) is 6.01 Å². The highest BCUT2D eigenvalue weighted by molar-refractivity contribution is 6.36. The number of rotatable bonds is 9. The molecule has 236 valence electrons. The zero-order valence-corrected chi connectivity index (χ0v) is 27.0. The van der Waals surface area contributed by atoms with Gasteiger partial charge in [-0.2, -0.15) is 9.97 Å². The number of likely N-dealkylation sites (N-methyl/N-ethyl adjacent to an activating group) is 1. The summed E-state index contributed by atoms with van der Waals surface area (Å²) in [7, 11) is 2.18. The van der Waals surface area contributed by atoms with Crippen LogP contribution in [0.15, 0.2) is 49.1 Å². The standard InChI is InChI=1S/C35H42ClN7O2/c1-5-32(44)43-19-18-42(22-27(43)20-37-3)34-28-16-17-41(31-15-9-11-25-10-8-14-29(36)33(25)31)23-30(28)38-35(39-34)45-24(2)21-40(4)26-12-6-7-13-26/h5,8-11,14-15,24,26-27H,1,6-7,12-13,16-23H2,2,4H3/t24-,27-/m0/s1. The molecule has 1 saturated carbocycles. The molecule has 2 fully saturated rings. The molecule has 45 heavy (non-hydrogen) atoms. The van der Waals surface area contributed by atoms with Crippen molar-refractivity contribution < 1.29 is 9.53 Å². The van der Waals surface area contributed by atoms with E-state index in [-0.39, 0.29) is 24.6 Å². The van der Waals surface area contributed by atoms with Crippen molar-refractivity contribution in [2.24, 2.45) is 0 Å².